The molecule has 1 unspecified atom stereocenters. The van der Waals surface area contributed by atoms with E-state index in [1.165, 1.54) is 19.2 Å². The van der Waals surface area contributed by atoms with E-state index in [1.54, 1.807) is 18.2 Å². The monoisotopic (exact) mass is 321 g/mol. The number of hydrogen-bond donors (Lipinski definition) is 1. The number of hydrogen-bond acceptors (Lipinski definition) is 2. The van der Waals surface area contributed by atoms with Gasteiger partial charge >= 0.3 is 0 Å². The van der Waals surface area contributed by atoms with Gasteiger partial charge in [-0.1, -0.05) is 41.9 Å². The van der Waals surface area contributed by atoms with Crippen LogP contribution >= 0.6 is 11.6 Å². The maximum absolute atomic E-state index is 13.2. The zero-order valence-corrected chi connectivity index (χ0v) is 12.9. The molecule has 1 atom stereocenters. The summed E-state index contributed by atoms with van der Waals surface area (Å²) in [7, 11) is 1.52. The minimum Gasteiger partial charge on any atom is -0.375 e. The van der Waals surface area contributed by atoms with Gasteiger partial charge in [0.05, 0.1) is 12.5 Å². The predicted molar refractivity (Wildman–Crippen MR) is 84.3 cm³/mol. The number of rotatable bonds is 6. The van der Waals surface area contributed by atoms with Crippen LogP contribution in [-0.4, -0.2) is 19.6 Å². The summed E-state index contributed by atoms with van der Waals surface area (Å²) in [6.45, 7) is 0.267. The molecule has 2 rings (SSSR count). The number of amides is 1. The van der Waals surface area contributed by atoms with Crippen molar-refractivity contribution in [2.75, 3.05) is 13.7 Å². The van der Waals surface area contributed by atoms with Crippen molar-refractivity contribution in [2.45, 2.75) is 12.5 Å². The Morgan fingerprint density at radius 3 is 2.73 bits per heavy atom. The molecule has 0 saturated heterocycles. The van der Waals surface area contributed by atoms with Crippen LogP contribution in [0.1, 0.15) is 17.2 Å². The molecule has 0 heterocycles. The Labute approximate surface area is 134 Å². The number of methoxy groups -OCH3 is 1. The van der Waals surface area contributed by atoms with E-state index in [2.05, 4.69) is 5.32 Å². The number of carbonyl (C=O) groups is 1. The van der Waals surface area contributed by atoms with Gasteiger partial charge in [0.1, 0.15) is 5.82 Å². The third kappa shape index (κ3) is 4.55. The highest BCUT2D eigenvalue weighted by Crippen LogP contribution is 2.18. The molecule has 2 aromatic carbocycles. The van der Waals surface area contributed by atoms with Crippen molar-refractivity contribution in [3.63, 3.8) is 0 Å². The Balaban J connectivity index is 1.93. The van der Waals surface area contributed by atoms with E-state index in [9.17, 15) is 9.18 Å². The lowest BCUT2D eigenvalue weighted by molar-refractivity contribution is -0.121. The second kappa shape index (κ2) is 7.92. The average molecular weight is 322 g/mol. The lowest BCUT2D eigenvalue weighted by Gasteiger charge is -2.16. The van der Waals surface area contributed by atoms with Crippen LogP contribution < -0.4 is 5.32 Å². The Morgan fingerprint density at radius 1 is 1.27 bits per heavy atom. The van der Waals surface area contributed by atoms with E-state index in [-0.39, 0.29) is 24.7 Å². The number of nitrogens with one attached hydrogen (secondary N) is 1. The predicted octanol–water partition coefficient (Wildman–Crippen LogP) is 3.53. The first-order valence-corrected chi connectivity index (χ1v) is 7.26. The van der Waals surface area contributed by atoms with Gasteiger partial charge in [-0.15, -0.1) is 0 Å². The molecule has 5 heteroatoms. The summed E-state index contributed by atoms with van der Waals surface area (Å²) in [6, 6.07) is 13.3. The molecule has 0 saturated carbocycles. The Kier molecular flexibility index (Phi) is 5.92. The fourth-order valence-corrected chi connectivity index (χ4v) is 2.33. The van der Waals surface area contributed by atoms with Crippen LogP contribution in [0.15, 0.2) is 48.5 Å². The highest BCUT2D eigenvalue weighted by molar-refractivity contribution is 6.31. The van der Waals surface area contributed by atoms with E-state index >= 15 is 0 Å². The van der Waals surface area contributed by atoms with Crippen LogP contribution in [0.4, 0.5) is 4.39 Å². The lowest BCUT2D eigenvalue weighted by Crippen LogP contribution is -2.30. The molecule has 0 aliphatic rings. The summed E-state index contributed by atoms with van der Waals surface area (Å²) in [6.07, 6.45) is -0.204. The smallest absolute Gasteiger partial charge is 0.224 e. The zero-order valence-electron chi connectivity index (χ0n) is 12.2. The molecule has 0 fully saturated rings. The molecule has 0 radical (unpaired) electrons. The SMILES string of the molecule is COC(CNC(=O)Cc1ccccc1Cl)c1cccc(F)c1. The maximum atomic E-state index is 13.2. The van der Waals surface area contributed by atoms with Crippen molar-refractivity contribution in [1.82, 2.24) is 5.32 Å². The van der Waals surface area contributed by atoms with Crippen LogP contribution in [0.5, 0.6) is 0 Å². The molecule has 0 aromatic heterocycles. The number of carbonyl (C=O) groups excluding carboxylic acids is 1. The second-order valence-electron chi connectivity index (χ2n) is 4.85. The lowest BCUT2D eigenvalue weighted by atomic mass is 10.1. The number of halogens is 2. The molecular weight excluding hydrogens is 305 g/mol. The molecule has 22 heavy (non-hydrogen) atoms. The quantitative estimate of drug-likeness (QED) is 0.884. The zero-order chi connectivity index (χ0) is 15.9. The van der Waals surface area contributed by atoms with Gasteiger partial charge in [0.15, 0.2) is 0 Å². The van der Waals surface area contributed by atoms with Gasteiger partial charge in [0.25, 0.3) is 0 Å². The molecule has 116 valence electrons. The third-order valence-electron chi connectivity index (χ3n) is 3.30. The Hall–Kier alpha value is -1.91. The molecule has 0 aliphatic carbocycles. The Morgan fingerprint density at radius 2 is 2.05 bits per heavy atom. The minimum atomic E-state index is -0.397. The fourth-order valence-electron chi connectivity index (χ4n) is 2.13. The topological polar surface area (TPSA) is 38.3 Å². The van der Waals surface area contributed by atoms with E-state index in [4.69, 9.17) is 16.3 Å². The van der Waals surface area contributed by atoms with Gasteiger partial charge in [-0.2, -0.15) is 0 Å². The molecular formula is C17H17ClFNO2. The molecule has 3 nitrogen and oxygen atoms in total. The van der Waals surface area contributed by atoms with E-state index in [0.717, 1.165) is 5.56 Å². The van der Waals surface area contributed by atoms with Gasteiger partial charge < -0.3 is 10.1 Å². The van der Waals surface area contributed by atoms with Crippen molar-refractivity contribution >= 4 is 17.5 Å². The van der Waals surface area contributed by atoms with Gasteiger partial charge in [-0.3, -0.25) is 4.79 Å². The summed E-state index contributed by atoms with van der Waals surface area (Å²) in [5.41, 5.74) is 1.45. The summed E-state index contributed by atoms with van der Waals surface area (Å²) in [5, 5.41) is 3.34. The highest BCUT2D eigenvalue weighted by Gasteiger charge is 2.13. The van der Waals surface area contributed by atoms with E-state index in [1.807, 2.05) is 18.2 Å². The summed E-state index contributed by atoms with van der Waals surface area (Å²) in [5.74, 6) is -0.492. The normalized spacial score (nSPS) is 12.0. The fraction of sp³-hybridized carbons (Fsp3) is 0.235. The van der Waals surface area contributed by atoms with Crippen LogP contribution in [0.25, 0.3) is 0 Å². The first kappa shape index (κ1) is 16.5. The van der Waals surface area contributed by atoms with Crippen molar-refractivity contribution < 1.29 is 13.9 Å². The first-order chi connectivity index (χ1) is 10.6. The summed E-state index contributed by atoms with van der Waals surface area (Å²) < 4.78 is 18.5. The molecule has 0 aliphatic heterocycles. The Bertz CT molecular complexity index is 648. The van der Waals surface area contributed by atoms with Crippen LogP contribution in [0.2, 0.25) is 5.02 Å². The van der Waals surface area contributed by atoms with Crippen LogP contribution in [0.3, 0.4) is 0 Å². The molecule has 1 N–H and O–H groups in total. The highest BCUT2D eigenvalue weighted by atomic mass is 35.5. The molecule has 0 spiro atoms. The summed E-state index contributed by atoms with van der Waals surface area (Å²) >= 11 is 6.03. The maximum Gasteiger partial charge on any atom is 0.224 e. The molecule has 2 aromatic rings. The number of benzene rings is 2. The van der Waals surface area contributed by atoms with Crippen molar-refractivity contribution in [1.29, 1.82) is 0 Å². The standard InChI is InChI=1S/C17H17ClFNO2/c1-22-16(13-6-4-7-14(19)9-13)11-20-17(21)10-12-5-2-3-8-15(12)18/h2-9,16H,10-11H2,1H3,(H,20,21). The van der Waals surface area contributed by atoms with Crippen molar-refractivity contribution in [2.24, 2.45) is 0 Å². The van der Waals surface area contributed by atoms with Crippen LogP contribution in [0, 0.1) is 5.82 Å². The van der Waals surface area contributed by atoms with Gasteiger partial charge in [0.2, 0.25) is 5.91 Å². The van der Waals surface area contributed by atoms with Crippen molar-refractivity contribution in [3.05, 3.63) is 70.5 Å². The molecule has 0 bridgehead atoms. The first-order valence-electron chi connectivity index (χ1n) is 6.88. The van der Waals surface area contributed by atoms with Crippen LogP contribution in [-0.2, 0) is 16.0 Å². The molecule has 1 amide bonds. The van der Waals surface area contributed by atoms with Gasteiger partial charge in [-0.25, -0.2) is 4.39 Å². The number of ether oxygens (including phenoxy) is 1. The third-order valence-corrected chi connectivity index (χ3v) is 3.67. The second-order valence-corrected chi connectivity index (χ2v) is 5.26. The minimum absolute atomic E-state index is 0.161. The van der Waals surface area contributed by atoms with Gasteiger partial charge in [-0.05, 0) is 29.3 Å². The van der Waals surface area contributed by atoms with Gasteiger partial charge in [0, 0.05) is 18.7 Å². The van der Waals surface area contributed by atoms with Crippen molar-refractivity contribution in [3.8, 4) is 0 Å². The summed E-state index contributed by atoms with van der Waals surface area (Å²) in [4.78, 5) is 12.0. The average Bonchev–Trinajstić information content (AvgIpc) is 2.50. The largest absolute Gasteiger partial charge is 0.375 e. The van der Waals surface area contributed by atoms with E-state index in [0.29, 0.717) is 10.6 Å². The van der Waals surface area contributed by atoms with E-state index < -0.39 is 6.10 Å².